The summed E-state index contributed by atoms with van der Waals surface area (Å²) in [6.07, 6.45) is 1.14. The van der Waals surface area contributed by atoms with Gasteiger partial charge in [-0.2, -0.15) is 5.10 Å². The molecule has 3 aliphatic heterocycles. The molecule has 10 heteroatoms. The normalized spacial score (nSPS) is 16.5. The first kappa shape index (κ1) is 27.2. The summed E-state index contributed by atoms with van der Waals surface area (Å²) in [6.45, 7) is 3.11. The molecule has 4 aromatic rings. The van der Waals surface area contributed by atoms with Crippen LogP contribution in [0.25, 0.3) is 0 Å². The molecule has 3 aliphatic rings. The average molecular weight is 569 g/mol. The van der Waals surface area contributed by atoms with Crippen LogP contribution in [0.2, 0.25) is 0 Å². The van der Waals surface area contributed by atoms with Crippen LogP contribution in [-0.2, 0) is 13.5 Å². The molecule has 3 aromatic carbocycles. The lowest BCUT2D eigenvalue weighted by Crippen LogP contribution is -2.41. The second-order valence-electron chi connectivity index (χ2n) is 10.5. The fraction of sp³-hybridized carbons (Fsp3) is 0.281. The molecule has 0 saturated carbocycles. The summed E-state index contributed by atoms with van der Waals surface area (Å²) in [7, 11) is 3.38. The molecule has 8 bridgehead atoms. The highest BCUT2D eigenvalue weighted by atomic mass is 16.5. The van der Waals surface area contributed by atoms with Gasteiger partial charge in [0.05, 0.1) is 25.3 Å². The first-order valence-corrected chi connectivity index (χ1v) is 13.9. The van der Waals surface area contributed by atoms with Crippen LogP contribution in [0.3, 0.4) is 0 Å². The SMILES string of the molecule is COc1cc2c3cc1Oc1ccc(O)c(c1)C(=O)NCCCOc1cccc(c1)C2N(C(=O)c1cc(C)n(C)n1)CC3. The van der Waals surface area contributed by atoms with E-state index in [1.165, 1.54) is 12.1 Å². The minimum atomic E-state index is -0.423. The predicted octanol–water partition coefficient (Wildman–Crippen LogP) is 4.54. The molecular weight excluding hydrogens is 536 g/mol. The minimum absolute atomic E-state index is 0.109. The van der Waals surface area contributed by atoms with Crippen LogP contribution in [0.15, 0.2) is 60.7 Å². The van der Waals surface area contributed by atoms with Crippen molar-refractivity contribution < 1.29 is 28.9 Å². The van der Waals surface area contributed by atoms with Gasteiger partial charge in [-0.25, -0.2) is 0 Å². The maximum Gasteiger partial charge on any atom is 0.275 e. The fourth-order valence-electron chi connectivity index (χ4n) is 5.48. The monoisotopic (exact) mass is 568 g/mol. The highest BCUT2D eigenvalue weighted by Crippen LogP contribution is 2.43. The third kappa shape index (κ3) is 5.11. The zero-order chi connectivity index (χ0) is 29.4. The topological polar surface area (TPSA) is 115 Å². The Labute approximate surface area is 243 Å². The molecule has 42 heavy (non-hydrogen) atoms. The van der Waals surface area contributed by atoms with Crippen molar-refractivity contribution in [3.63, 3.8) is 0 Å². The van der Waals surface area contributed by atoms with E-state index in [0.29, 0.717) is 61.2 Å². The molecule has 1 aromatic heterocycles. The van der Waals surface area contributed by atoms with Crippen LogP contribution < -0.4 is 19.5 Å². The Morgan fingerprint density at radius 2 is 1.98 bits per heavy atom. The number of fused-ring (bicyclic) bond motifs is 6. The molecule has 0 aliphatic carbocycles. The second-order valence-corrected chi connectivity index (χ2v) is 10.5. The van der Waals surface area contributed by atoms with Gasteiger partial charge in [0.2, 0.25) is 0 Å². The molecule has 1 unspecified atom stereocenters. The van der Waals surface area contributed by atoms with Gasteiger partial charge in [-0.05, 0) is 85.0 Å². The Bertz CT molecular complexity index is 1660. The van der Waals surface area contributed by atoms with Crippen molar-refractivity contribution in [3.05, 3.63) is 94.3 Å². The third-order valence-electron chi connectivity index (χ3n) is 7.74. The number of hydrogen-bond donors (Lipinski definition) is 2. The van der Waals surface area contributed by atoms with Crippen LogP contribution in [0.4, 0.5) is 0 Å². The van der Waals surface area contributed by atoms with E-state index in [4.69, 9.17) is 14.2 Å². The van der Waals surface area contributed by atoms with E-state index < -0.39 is 11.9 Å². The van der Waals surface area contributed by atoms with Gasteiger partial charge >= 0.3 is 0 Å². The van der Waals surface area contributed by atoms with Crippen LogP contribution in [-0.4, -0.2) is 58.4 Å². The summed E-state index contributed by atoms with van der Waals surface area (Å²) in [6, 6.07) is 17.5. The number of phenolic OH excluding ortho intramolecular Hbond substituents is 1. The van der Waals surface area contributed by atoms with Gasteiger partial charge in [0.15, 0.2) is 17.2 Å². The number of methoxy groups -OCH3 is 1. The van der Waals surface area contributed by atoms with E-state index >= 15 is 0 Å². The number of benzene rings is 3. The first-order valence-electron chi connectivity index (χ1n) is 13.9. The van der Waals surface area contributed by atoms with Crippen LogP contribution in [0.5, 0.6) is 28.7 Å². The molecule has 0 radical (unpaired) electrons. The summed E-state index contributed by atoms with van der Waals surface area (Å²) in [5, 5.41) is 17.6. The number of ether oxygens (including phenoxy) is 3. The number of phenols is 1. The Morgan fingerprint density at radius 3 is 2.76 bits per heavy atom. The Hall–Kier alpha value is -4.99. The molecule has 4 heterocycles. The van der Waals surface area contributed by atoms with E-state index in [-0.39, 0.29) is 17.2 Å². The van der Waals surface area contributed by atoms with Gasteiger partial charge in [-0.1, -0.05) is 12.1 Å². The van der Waals surface area contributed by atoms with Crippen molar-refractivity contribution in [2.24, 2.45) is 7.05 Å². The summed E-state index contributed by atoms with van der Waals surface area (Å²) < 4.78 is 19.7. The maximum absolute atomic E-state index is 13.9. The largest absolute Gasteiger partial charge is 0.507 e. The number of rotatable bonds is 2. The van der Waals surface area contributed by atoms with Gasteiger partial charge in [0, 0.05) is 25.8 Å². The molecule has 0 spiro atoms. The molecule has 2 N–H and O–H groups in total. The Morgan fingerprint density at radius 1 is 1.12 bits per heavy atom. The number of nitrogens with one attached hydrogen (secondary N) is 1. The van der Waals surface area contributed by atoms with Gasteiger partial charge in [0.1, 0.15) is 17.2 Å². The van der Waals surface area contributed by atoms with Crippen molar-refractivity contribution in [3.8, 4) is 28.7 Å². The number of amides is 2. The maximum atomic E-state index is 13.9. The third-order valence-corrected chi connectivity index (χ3v) is 7.74. The van der Waals surface area contributed by atoms with Crippen molar-refractivity contribution in [2.45, 2.75) is 25.8 Å². The van der Waals surface area contributed by atoms with Crippen molar-refractivity contribution in [2.75, 3.05) is 26.8 Å². The number of aromatic hydroxyl groups is 1. The molecule has 2 amide bonds. The smallest absolute Gasteiger partial charge is 0.275 e. The number of hydrogen-bond acceptors (Lipinski definition) is 7. The minimum Gasteiger partial charge on any atom is -0.507 e. The van der Waals surface area contributed by atoms with Crippen LogP contribution in [0.1, 0.15) is 55.7 Å². The van der Waals surface area contributed by atoms with E-state index in [1.54, 1.807) is 23.9 Å². The van der Waals surface area contributed by atoms with E-state index in [9.17, 15) is 14.7 Å². The quantitative estimate of drug-likeness (QED) is 0.365. The number of carbonyl (C=O) groups excluding carboxylic acids is 2. The summed E-state index contributed by atoms with van der Waals surface area (Å²) in [5.74, 6) is 1.26. The van der Waals surface area contributed by atoms with Gasteiger partial charge in [-0.15, -0.1) is 0 Å². The van der Waals surface area contributed by atoms with E-state index in [2.05, 4.69) is 10.4 Å². The summed E-state index contributed by atoms with van der Waals surface area (Å²) >= 11 is 0. The van der Waals surface area contributed by atoms with E-state index in [0.717, 1.165) is 22.4 Å². The van der Waals surface area contributed by atoms with Crippen molar-refractivity contribution in [1.82, 2.24) is 20.0 Å². The number of aromatic nitrogens is 2. The number of carbonyl (C=O) groups is 2. The first-order chi connectivity index (χ1) is 20.3. The Kier molecular flexibility index (Phi) is 7.20. The molecular formula is C32H32N4O6. The van der Waals surface area contributed by atoms with Gasteiger partial charge in [-0.3, -0.25) is 14.3 Å². The highest BCUT2D eigenvalue weighted by molar-refractivity contribution is 5.97. The molecule has 0 fully saturated rings. The standard InChI is InChI=1S/C32H32N4O6/c1-19-14-26(34-35(19)2)32(39)36-12-10-20-16-29-28(40-3)18-24(20)30(36)21-6-4-7-22(15-21)41-13-5-11-33-31(38)25-17-23(42-29)8-9-27(25)37/h4,6-9,14-18,30,37H,5,10-13H2,1-3H3,(H,33,38). The van der Waals surface area contributed by atoms with Crippen LogP contribution >= 0.6 is 0 Å². The van der Waals surface area contributed by atoms with Crippen LogP contribution in [0, 0.1) is 6.92 Å². The predicted molar refractivity (Wildman–Crippen MR) is 155 cm³/mol. The lowest BCUT2D eigenvalue weighted by Gasteiger charge is -2.38. The molecule has 7 rings (SSSR count). The van der Waals surface area contributed by atoms with Crippen molar-refractivity contribution >= 4 is 11.8 Å². The number of aryl methyl sites for hydroxylation is 2. The molecule has 216 valence electrons. The number of nitrogens with zero attached hydrogens (tertiary/aromatic N) is 3. The van der Waals surface area contributed by atoms with Crippen molar-refractivity contribution in [1.29, 1.82) is 0 Å². The summed E-state index contributed by atoms with van der Waals surface area (Å²) in [5.41, 5.74) is 4.20. The second kappa shape index (κ2) is 11.1. The lowest BCUT2D eigenvalue weighted by atomic mass is 9.87. The lowest BCUT2D eigenvalue weighted by molar-refractivity contribution is 0.0686. The molecule has 0 saturated heterocycles. The van der Waals surface area contributed by atoms with E-state index in [1.807, 2.05) is 55.3 Å². The average Bonchev–Trinajstić information content (AvgIpc) is 3.33. The van der Waals surface area contributed by atoms with Gasteiger partial charge < -0.3 is 29.5 Å². The fourth-order valence-corrected chi connectivity index (χ4v) is 5.48. The van der Waals surface area contributed by atoms with Gasteiger partial charge in [0.25, 0.3) is 11.8 Å². The molecule has 10 nitrogen and oxygen atoms in total. The zero-order valence-electron chi connectivity index (χ0n) is 23.7. The summed E-state index contributed by atoms with van der Waals surface area (Å²) in [4.78, 5) is 28.6. The Balaban J connectivity index is 1.49. The zero-order valence-corrected chi connectivity index (χ0v) is 23.7. The molecule has 1 atom stereocenters. The highest BCUT2D eigenvalue weighted by Gasteiger charge is 2.35.